The quantitative estimate of drug-likeness (QED) is 0.666. The number of ether oxygens (including phenoxy) is 2. The molecule has 0 spiro atoms. The molecule has 0 saturated carbocycles. The van der Waals surface area contributed by atoms with E-state index in [0.29, 0.717) is 19.0 Å². The summed E-state index contributed by atoms with van der Waals surface area (Å²) in [6.45, 7) is 6.58. The van der Waals surface area contributed by atoms with Crippen molar-refractivity contribution in [2.45, 2.75) is 13.8 Å². The Kier molecular flexibility index (Phi) is 8.25. The molecule has 1 rings (SSSR count). The SMILES string of the molecule is CCOc1ccccc1OCCNCCS(=O)CC. The molecule has 108 valence electrons. The number of benzene rings is 1. The second-order valence-electron chi connectivity index (χ2n) is 3.91. The highest BCUT2D eigenvalue weighted by Gasteiger charge is 2.02. The molecule has 0 fully saturated rings. The summed E-state index contributed by atoms with van der Waals surface area (Å²) in [5.41, 5.74) is 0. The summed E-state index contributed by atoms with van der Waals surface area (Å²) in [4.78, 5) is 0. The van der Waals surface area contributed by atoms with E-state index in [1.54, 1.807) is 0 Å². The number of nitrogens with one attached hydrogen (secondary N) is 1. The van der Waals surface area contributed by atoms with Crippen LogP contribution in [-0.2, 0) is 10.8 Å². The van der Waals surface area contributed by atoms with E-state index < -0.39 is 10.8 Å². The maximum Gasteiger partial charge on any atom is 0.161 e. The maximum atomic E-state index is 11.2. The second-order valence-corrected chi connectivity index (χ2v) is 5.78. The molecule has 1 aromatic rings. The molecule has 1 atom stereocenters. The summed E-state index contributed by atoms with van der Waals surface area (Å²) >= 11 is 0. The standard InChI is InChI=1S/C14H23NO3S/c1-3-17-13-7-5-6-8-14(13)18-11-9-15-10-12-19(16)4-2/h5-8,15H,3-4,9-12H2,1-2H3. The molecule has 0 aliphatic heterocycles. The number of hydrogen-bond donors (Lipinski definition) is 1. The molecule has 4 nitrogen and oxygen atoms in total. The summed E-state index contributed by atoms with van der Waals surface area (Å²) in [5.74, 6) is 2.96. The zero-order chi connectivity index (χ0) is 13.9. The van der Waals surface area contributed by atoms with E-state index in [1.165, 1.54) is 0 Å². The Bertz CT molecular complexity index is 385. The minimum absolute atomic E-state index is 0.572. The highest BCUT2D eigenvalue weighted by atomic mass is 32.2. The molecule has 19 heavy (non-hydrogen) atoms. The van der Waals surface area contributed by atoms with Crippen molar-refractivity contribution in [1.82, 2.24) is 5.32 Å². The fraction of sp³-hybridized carbons (Fsp3) is 0.571. The van der Waals surface area contributed by atoms with Crippen molar-refractivity contribution in [3.8, 4) is 11.5 Å². The van der Waals surface area contributed by atoms with Gasteiger partial charge in [-0.3, -0.25) is 4.21 Å². The van der Waals surface area contributed by atoms with Crippen LogP contribution in [0.1, 0.15) is 13.8 Å². The van der Waals surface area contributed by atoms with Crippen molar-refractivity contribution in [3.63, 3.8) is 0 Å². The van der Waals surface area contributed by atoms with Gasteiger partial charge in [0, 0.05) is 35.4 Å². The Morgan fingerprint density at radius 1 is 1.11 bits per heavy atom. The molecule has 0 bridgehead atoms. The zero-order valence-electron chi connectivity index (χ0n) is 11.7. The average molecular weight is 285 g/mol. The molecule has 5 heteroatoms. The fourth-order valence-electron chi connectivity index (χ4n) is 1.53. The maximum absolute atomic E-state index is 11.2. The van der Waals surface area contributed by atoms with Crippen LogP contribution in [0.4, 0.5) is 0 Å². The fourth-order valence-corrected chi connectivity index (χ4v) is 2.19. The molecule has 0 heterocycles. The predicted molar refractivity (Wildman–Crippen MR) is 79.5 cm³/mol. The lowest BCUT2D eigenvalue weighted by atomic mass is 10.3. The number of rotatable bonds is 10. The van der Waals surface area contributed by atoms with Crippen LogP contribution in [0.25, 0.3) is 0 Å². The normalized spacial score (nSPS) is 12.1. The van der Waals surface area contributed by atoms with Gasteiger partial charge in [-0.1, -0.05) is 19.1 Å². The summed E-state index contributed by atoms with van der Waals surface area (Å²) in [6, 6.07) is 7.65. The van der Waals surface area contributed by atoms with E-state index in [0.717, 1.165) is 30.3 Å². The van der Waals surface area contributed by atoms with Gasteiger partial charge in [0.05, 0.1) is 6.61 Å². The third kappa shape index (κ3) is 6.59. The van der Waals surface area contributed by atoms with Gasteiger partial charge in [0.25, 0.3) is 0 Å². The van der Waals surface area contributed by atoms with Crippen LogP contribution < -0.4 is 14.8 Å². The minimum Gasteiger partial charge on any atom is -0.490 e. The van der Waals surface area contributed by atoms with Crippen LogP contribution in [0.3, 0.4) is 0 Å². The van der Waals surface area contributed by atoms with E-state index in [-0.39, 0.29) is 0 Å². The van der Waals surface area contributed by atoms with Gasteiger partial charge in [0.2, 0.25) is 0 Å². The van der Waals surface area contributed by atoms with E-state index in [9.17, 15) is 4.21 Å². The molecule has 1 N–H and O–H groups in total. The minimum atomic E-state index is -0.698. The lowest BCUT2D eigenvalue weighted by molar-refractivity contribution is 0.276. The second kappa shape index (κ2) is 9.81. The van der Waals surface area contributed by atoms with Crippen LogP contribution in [0.2, 0.25) is 0 Å². The van der Waals surface area contributed by atoms with Crippen molar-refractivity contribution in [3.05, 3.63) is 24.3 Å². The van der Waals surface area contributed by atoms with E-state index in [1.807, 2.05) is 38.1 Å². The first kappa shape index (κ1) is 16.0. The molecule has 0 radical (unpaired) electrons. The topological polar surface area (TPSA) is 47.6 Å². The van der Waals surface area contributed by atoms with Crippen LogP contribution in [0, 0.1) is 0 Å². The molecule has 0 saturated heterocycles. The Labute approximate surface area is 118 Å². The summed E-state index contributed by atoms with van der Waals surface area (Å²) in [7, 11) is -0.698. The lowest BCUT2D eigenvalue weighted by Gasteiger charge is -2.11. The van der Waals surface area contributed by atoms with Gasteiger partial charge in [0.1, 0.15) is 6.61 Å². The van der Waals surface area contributed by atoms with Gasteiger partial charge in [0.15, 0.2) is 11.5 Å². The van der Waals surface area contributed by atoms with E-state index in [4.69, 9.17) is 9.47 Å². The lowest BCUT2D eigenvalue weighted by Crippen LogP contribution is -2.25. The highest BCUT2D eigenvalue weighted by Crippen LogP contribution is 2.25. The van der Waals surface area contributed by atoms with Crippen LogP contribution in [0.15, 0.2) is 24.3 Å². The Balaban J connectivity index is 2.20. The Morgan fingerprint density at radius 3 is 2.42 bits per heavy atom. The molecular weight excluding hydrogens is 262 g/mol. The van der Waals surface area contributed by atoms with Gasteiger partial charge in [-0.05, 0) is 19.1 Å². The predicted octanol–water partition coefficient (Wildman–Crippen LogP) is 1.82. The van der Waals surface area contributed by atoms with Crippen LogP contribution in [-0.4, -0.2) is 42.0 Å². The van der Waals surface area contributed by atoms with Gasteiger partial charge in [-0.15, -0.1) is 0 Å². The van der Waals surface area contributed by atoms with Crippen LogP contribution in [0.5, 0.6) is 11.5 Å². The molecule has 1 aromatic carbocycles. The monoisotopic (exact) mass is 285 g/mol. The zero-order valence-corrected chi connectivity index (χ0v) is 12.5. The van der Waals surface area contributed by atoms with Gasteiger partial charge in [-0.25, -0.2) is 0 Å². The van der Waals surface area contributed by atoms with E-state index in [2.05, 4.69) is 5.32 Å². The Morgan fingerprint density at radius 2 is 1.79 bits per heavy atom. The Hall–Kier alpha value is -1.07. The van der Waals surface area contributed by atoms with Crippen molar-refractivity contribution in [2.24, 2.45) is 0 Å². The van der Waals surface area contributed by atoms with Crippen molar-refractivity contribution < 1.29 is 13.7 Å². The number of para-hydroxylation sites is 2. The average Bonchev–Trinajstić information content (AvgIpc) is 2.44. The van der Waals surface area contributed by atoms with E-state index >= 15 is 0 Å². The smallest absolute Gasteiger partial charge is 0.161 e. The van der Waals surface area contributed by atoms with Crippen molar-refractivity contribution in [2.75, 3.05) is 37.8 Å². The first-order valence-electron chi connectivity index (χ1n) is 6.68. The summed E-state index contributed by atoms with van der Waals surface area (Å²) in [5, 5.41) is 3.21. The number of hydrogen-bond acceptors (Lipinski definition) is 4. The van der Waals surface area contributed by atoms with Gasteiger partial charge in [-0.2, -0.15) is 0 Å². The van der Waals surface area contributed by atoms with Crippen molar-refractivity contribution in [1.29, 1.82) is 0 Å². The first-order valence-corrected chi connectivity index (χ1v) is 8.17. The van der Waals surface area contributed by atoms with Crippen LogP contribution >= 0.6 is 0 Å². The molecule has 1 unspecified atom stereocenters. The molecule has 0 aliphatic rings. The molecule has 0 amide bonds. The largest absolute Gasteiger partial charge is 0.490 e. The van der Waals surface area contributed by atoms with Gasteiger partial charge < -0.3 is 14.8 Å². The third-order valence-corrected chi connectivity index (χ3v) is 3.82. The summed E-state index contributed by atoms with van der Waals surface area (Å²) < 4.78 is 22.3. The summed E-state index contributed by atoms with van der Waals surface area (Å²) in [6.07, 6.45) is 0. The third-order valence-electron chi connectivity index (χ3n) is 2.51. The first-order chi connectivity index (χ1) is 9.27. The van der Waals surface area contributed by atoms with Crippen molar-refractivity contribution >= 4 is 10.8 Å². The molecule has 0 aromatic heterocycles. The molecule has 0 aliphatic carbocycles. The van der Waals surface area contributed by atoms with Gasteiger partial charge >= 0.3 is 0 Å². The highest BCUT2D eigenvalue weighted by molar-refractivity contribution is 7.84. The molecular formula is C14H23NO3S.